The highest BCUT2D eigenvalue weighted by Gasteiger charge is 2.14. The number of aromatic nitrogens is 2. The van der Waals surface area contributed by atoms with Gasteiger partial charge in [-0.3, -0.25) is 4.79 Å². The van der Waals surface area contributed by atoms with E-state index in [0.29, 0.717) is 6.54 Å². The van der Waals surface area contributed by atoms with Crippen LogP contribution in [-0.4, -0.2) is 34.5 Å². The molecule has 0 aliphatic heterocycles. The Morgan fingerprint density at radius 1 is 1.11 bits per heavy atom. The number of hydrogen-bond acceptors (Lipinski definition) is 3. The summed E-state index contributed by atoms with van der Waals surface area (Å²) in [6.07, 6.45) is 3.46. The smallest absolute Gasteiger partial charge is 0.244 e. The number of unbranched alkanes of at least 4 members (excludes halogenated alkanes) is 1. The van der Waals surface area contributed by atoms with Gasteiger partial charge >= 0.3 is 0 Å². The molecule has 2 aromatic carbocycles. The Hall–Kier alpha value is -2.66. The van der Waals surface area contributed by atoms with Crippen molar-refractivity contribution >= 4 is 22.6 Å². The normalized spacial score (nSPS) is 11.3. The Bertz CT molecular complexity index is 896. The number of hydrogen-bond donors (Lipinski definition) is 1. The van der Waals surface area contributed by atoms with Crippen molar-refractivity contribution in [3.8, 4) is 0 Å². The van der Waals surface area contributed by atoms with Crippen LogP contribution in [0.5, 0.6) is 0 Å². The molecule has 142 valence electrons. The molecule has 27 heavy (non-hydrogen) atoms. The monoisotopic (exact) mass is 364 g/mol. The van der Waals surface area contributed by atoms with E-state index in [-0.39, 0.29) is 12.5 Å². The van der Waals surface area contributed by atoms with Crippen molar-refractivity contribution < 1.29 is 4.79 Å². The molecule has 1 aromatic heterocycles. The summed E-state index contributed by atoms with van der Waals surface area (Å²) in [7, 11) is 4.01. The first kappa shape index (κ1) is 19.1. The minimum atomic E-state index is -0.0422. The first-order chi connectivity index (χ1) is 13.1. The molecule has 3 rings (SSSR count). The molecule has 5 nitrogen and oxygen atoms in total. The van der Waals surface area contributed by atoms with Crippen LogP contribution in [0.25, 0.3) is 11.0 Å². The minimum Gasteiger partial charge on any atom is -0.325 e. The summed E-state index contributed by atoms with van der Waals surface area (Å²) in [4.78, 5) is 19.4. The maximum atomic E-state index is 12.6. The number of anilines is 1. The molecule has 0 radical (unpaired) electrons. The van der Waals surface area contributed by atoms with E-state index in [2.05, 4.69) is 29.3 Å². The lowest BCUT2D eigenvalue weighted by Gasteiger charge is -2.13. The molecule has 0 aliphatic carbocycles. The Balaban J connectivity index is 1.73. The first-order valence-corrected chi connectivity index (χ1v) is 9.54. The standard InChI is InChI=1S/C22H28N4O/c1-4-5-8-17-11-13-18(14-12-17)23-22(27)16-26-20-10-7-6-9-19(20)24-21(26)15-25(2)3/h6-7,9-14H,4-5,8,15-16H2,1-3H3,(H,23,27). The van der Waals surface area contributed by atoms with E-state index >= 15 is 0 Å². The van der Waals surface area contributed by atoms with Crippen LogP contribution in [0, 0.1) is 0 Å². The van der Waals surface area contributed by atoms with Gasteiger partial charge in [-0.15, -0.1) is 0 Å². The molecule has 0 spiro atoms. The van der Waals surface area contributed by atoms with Crippen LogP contribution in [0.4, 0.5) is 5.69 Å². The number of carbonyl (C=O) groups is 1. The SMILES string of the molecule is CCCCc1ccc(NC(=O)Cn2c(CN(C)C)nc3ccccc32)cc1. The van der Waals surface area contributed by atoms with Crippen LogP contribution in [-0.2, 0) is 24.3 Å². The van der Waals surface area contributed by atoms with Crippen LogP contribution >= 0.6 is 0 Å². The molecule has 0 atom stereocenters. The van der Waals surface area contributed by atoms with Crippen molar-refractivity contribution in [1.82, 2.24) is 14.5 Å². The highest BCUT2D eigenvalue weighted by Crippen LogP contribution is 2.18. The molecule has 1 amide bonds. The van der Waals surface area contributed by atoms with Crippen LogP contribution in [0.2, 0.25) is 0 Å². The summed E-state index contributed by atoms with van der Waals surface area (Å²) in [5.74, 6) is 0.853. The molecule has 0 aliphatic rings. The number of amides is 1. The Labute approximate surface area is 161 Å². The van der Waals surface area contributed by atoms with Crippen molar-refractivity contribution in [1.29, 1.82) is 0 Å². The number of aryl methyl sites for hydroxylation is 1. The van der Waals surface area contributed by atoms with Crippen molar-refractivity contribution in [2.24, 2.45) is 0 Å². The summed E-state index contributed by atoms with van der Waals surface area (Å²) in [5.41, 5.74) is 4.05. The molecule has 1 N–H and O–H groups in total. The summed E-state index contributed by atoms with van der Waals surface area (Å²) in [6, 6.07) is 16.1. The topological polar surface area (TPSA) is 50.2 Å². The fourth-order valence-electron chi connectivity index (χ4n) is 3.19. The van der Waals surface area contributed by atoms with Gasteiger partial charge in [0.2, 0.25) is 5.91 Å². The van der Waals surface area contributed by atoms with Gasteiger partial charge in [0.1, 0.15) is 12.4 Å². The summed E-state index contributed by atoms with van der Waals surface area (Å²) >= 11 is 0. The average Bonchev–Trinajstić information content (AvgIpc) is 2.97. The number of benzene rings is 2. The molecular formula is C22H28N4O. The molecule has 3 aromatic rings. The summed E-state index contributed by atoms with van der Waals surface area (Å²) < 4.78 is 2.00. The van der Waals surface area contributed by atoms with Gasteiger partial charge in [0, 0.05) is 5.69 Å². The molecule has 0 bridgehead atoms. The molecular weight excluding hydrogens is 336 g/mol. The summed E-state index contributed by atoms with van der Waals surface area (Å²) in [6.45, 7) is 3.13. The summed E-state index contributed by atoms with van der Waals surface area (Å²) in [5, 5.41) is 3.01. The molecule has 5 heteroatoms. The van der Waals surface area contributed by atoms with E-state index in [1.54, 1.807) is 0 Å². The fraction of sp³-hybridized carbons (Fsp3) is 0.364. The maximum absolute atomic E-state index is 12.6. The van der Waals surface area contributed by atoms with E-state index in [9.17, 15) is 4.79 Å². The van der Waals surface area contributed by atoms with Gasteiger partial charge in [0.15, 0.2) is 0 Å². The zero-order valence-electron chi connectivity index (χ0n) is 16.4. The highest BCUT2D eigenvalue weighted by atomic mass is 16.1. The predicted molar refractivity (Wildman–Crippen MR) is 111 cm³/mol. The van der Waals surface area contributed by atoms with E-state index in [1.165, 1.54) is 18.4 Å². The van der Waals surface area contributed by atoms with Crippen LogP contribution in [0.15, 0.2) is 48.5 Å². The molecule has 1 heterocycles. The van der Waals surface area contributed by atoms with Crippen LogP contribution < -0.4 is 5.32 Å². The number of para-hydroxylation sites is 2. The number of nitrogens with one attached hydrogen (secondary N) is 1. The number of nitrogens with zero attached hydrogens (tertiary/aromatic N) is 3. The lowest BCUT2D eigenvalue weighted by molar-refractivity contribution is -0.116. The second kappa shape index (κ2) is 8.82. The van der Waals surface area contributed by atoms with Gasteiger partial charge < -0.3 is 14.8 Å². The Kier molecular flexibility index (Phi) is 6.24. The lowest BCUT2D eigenvalue weighted by atomic mass is 10.1. The third kappa shape index (κ3) is 4.95. The zero-order chi connectivity index (χ0) is 19.2. The molecule has 0 saturated carbocycles. The quantitative estimate of drug-likeness (QED) is 0.655. The second-order valence-corrected chi connectivity index (χ2v) is 7.19. The van der Waals surface area contributed by atoms with Gasteiger partial charge in [0.25, 0.3) is 0 Å². The van der Waals surface area contributed by atoms with Gasteiger partial charge in [-0.2, -0.15) is 0 Å². The number of fused-ring (bicyclic) bond motifs is 1. The molecule has 0 saturated heterocycles. The Morgan fingerprint density at radius 2 is 1.85 bits per heavy atom. The molecule has 0 unspecified atom stereocenters. The van der Waals surface area contributed by atoms with E-state index in [1.807, 2.05) is 55.1 Å². The van der Waals surface area contributed by atoms with E-state index in [4.69, 9.17) is 4.98 Å². The van der Waals surface area contributed by atoms with Gasteiger partial charge in [-0.25, -0.2) is 4.98 Å². The second-order valence-electron chi connectivity index (χ2n) is 7.19. The number of imidazole rings is 1. The largest absolute Gasteiger partial charge is 0.325 e. The molecule has 0 fully saturated rings. The number of carbonyl (C=O) groups excluding carboxylic acids is 1. The Morgan fingerprint density at radius 3 is 2.56 bits per heavy atom. The van der Waals surface area contributed by atoms with Crippen LogP contribution in [0.1, 0.15) is 31.2 Å². The van der Waals surface area contributed by atoms with Gasteiger partial charge in [-0.05, 0) is 56.8 Å². The van der Waals surface area contributed by atoms with E-state index < -0.39 is 0 Å². The third-order valence-corrected chi connectivity index (χ3v) is 4.55. The van der Waals surface area contributed by atoms with Crippen molar-refractivity contribution in [2.75, 3.05) is 19.4 Å². The van der Waals surface area contributed by atoms with Gasteiger partial charge in [-0.1, -0.05) is 37.6 Å². The van der Waals surface area contributed by atoms with Crippen molar-refractivity contribution in [3.63, 3.8) is 0 Å². The third-order valence-electron chi connectivity index (χ3n) is 4.55. The van der Waals surface area contributed by atoms with Crippen LogP contribution in [0.3, 0.4) is 0 Å². The number of rotatable bonds is 8. The lowest BCUT2D eigenvalue weighted by Crippen LogP contribution is -2.22. The van der Waals surface area contributed by atoms with Gasteiger partial charge in [0.05, 0.1) is 17.6 Å². The van der Waals surface area contributed by atoms with Crippen molar-refractivity contribution in [3.05, 3.63) is 59.9 Å². The van der Waals surface area contributed by atoms with E-state index in [0.717, 1.165) is 29.0 Å². The zero-order valence-corrected chi connectivity index (χ0v) is 16.4. The minimum absolute atomic E-state index is 0.0422. The fourth-order valence-corrected chi connectivity index (χ4v) is 3.19. The highest BCUT2D eigenvalue weighted by molar-refractivity contribution is 5.91. The first-order valence-electron chi connectivity index (χ1n) is 9.54. The van der Waals surface area contributed by atoms with Crippen molar-refractivity contribution in [2.45, 2.75) is 39.3 Å². The maximum Gasteiger partial charge on any atom is 0.244 e. The predicted octanol–water partition coefficient (Wildman–Crippen LogP) is 4.08. The average molecular weight is 364 g/mol.